The minimum absolute atomic E-state index is 0.00654. The summed E-state index contributed by atoms with van der Waals surface area (Å²) in [7, 11) is 0. The van der Waals surface area contributed by atoms with E-state index < -0.39 is 5.91 Å². The van der Waals surface area contributed by atoms with E-state index in [0.717, 1.165) is 22.4 Å². The van der Waals surface area contributed by atoms with Gasteiger partial charge in [-0.1, -0.05) is 44.2 Å². The Morgan fingerprint density at radius 2 is 1.93 bits per heavy atom. The van der Waals surface area contributed by atoms with Crippen LogP contribution in [0.25, 0.3) is 0 Å². The predicted octanol–water partition coefficient (Wildman–Crippen LogP) is 4.44. The molecular weight excluding hydrogens is 341 g/mol. The minimum atomic E-state index is -0.442. The Kier molecular flexibility index (Phi) is 7.13. The van der Waals surface area contributed by atoms with Gasteiger partial charge in [0, 0.05) is 18.4 Å². The van der Waals surface area contributed by atoms with Crippen LogP contribution in [-0.4, -0.2) is 12.5 Å². The van der Waals surface area contributed by atoms with Crippen molar-refractivity contribution in [2.24, 2.45) is 0 Å². The lowest BCUT2D eigenvalue weighted by Crippen LogP contribution is -2.19. The molecule has 0 aliphatic carbocycles. The molecule has 4 nitrogen and oxygen atoms in total. The van der Waals surface area contributed by atoms with Gasteiger partial charge in [0.2, 0.25) is 0 Å². The molecule has 5 heteroatoms. The van der Waals surface area contributed by atoms with E-state index in [4.69, 9.17) is 0 Å². The first-order valence-corrected chi connectivity index (χ1v) is 8.91. The Bertz CT molecular complexity index is 864. The molecule has 140 valence electrons. The summed E-state index contributed by atoms with van der Waals surface area (Å²) in [5, 5.41) is 15.2. The van der Waals surface area contributed by atoms with E-state index in [1.807, 2.05) is 31.2 Å². The zero-order chi connectivity index (χ0) is 19.8. The highest BCUT2D eigenvalue weighted by atomic mass is 19.1. The van der Waals surface area contributed by atoms with Gasteiger partial charge in [0.1, 0.15) is 17.5 Å². The Balaban J connectivity index is 2.00. The van der Waals surface area contributed by atoms with Gasteiger partial charge in [-0.3, -0.25) is 4.79 Å². The molecule has 0 bridgehead atoms. The normalized spacial score (nSPS) is 11.2. The number of para-hydroxylation sites is 1. The van der Waals surface area contributed by atoms with Crippen molar-refractivity contribution in [1.29, 1.82) is 5.26 Å². The fourth-order valence-electron chi connectivity index (χ4n) is 2.71. The minimum Gasteiger partial charge on any atom is -0.389 e. The standard InChI is InChI=1S/C22H24FN3O/c1-15(2)20-6-4-5-16(3)21(20)26-22(27)18(13-24)14-25-12-11-17-7-9-19(23)10-8-17/h4-10,14-15,25H,11-12H2,1-3H3,(H,26,27)/b18-14-. The topological polar surface area (TPSA) is 64.9 Å². The number of hydrogen-bond donors (Lipinski definition) is 2. The molecular formula is C22H24FN3O. The molecule has 2 aromatic carbocycles. The summed E-state index contributed by atoms with van der Waals surface area (Å²) in [5.74, 6) is -0.460. The van der Waals surface area contributed by atoms with E-state index in [1.165, 1.54) is 18.3 Å². The zero-order valence-corrected chi connectivity index (χ0v) is 15.8. The Hall–Kier alpha value is -3.13. The maximum atomic E-state index is 12.9. The van der Waals surface area contributed by atoms with Crippen LogP contribution in [0.4, 0.5) is 10.1 Å². The number of carbonyl (C=O) groups is 1. The molecule has 0 unspecified atom stereocenters. The van der Waals surface area contributed by atoms with E-state index in [0.29, 0.717) is 13.0 Å². The maximum absolute atomic E-state index is 12.9. The molecule has 2 aromatic rings. The number of benzene rings is 2. The van der Waals surface area contributed by atoms with Crippen molar-refractivity contribution < 1.29 is 9.18 Å². The molecule has 0 heterocycles. The molecule has 0 radical (unpaired) electrons. The fourth-order valence-corrected chi connectivity index (χ4v) is 2.71. The molecule has 0 spiro atoms. The Morgan fingerprint density at radius 3 is 2.56 bits per heavy atom. The highest BCUT2D eigenvalue weighted by Gasteiger charge is 2.15. The molecule has 0 aliphatic heterocycles. The molecule has 0 atom stereocenters. The molecule has 27 heavy (non-hydrogen) atoms. The van der Waals surface area contributed by atoms with Crippen molar-refractivity contribution in [1.82, 2.24) is 5.32 Å². The van der Waals surface area contributed by atoms with E-state index in [1.54, 1.807) is 12.1 Å². The lowest BCUT2D eigenvalue weighted by Gasteiger charge is -2.16. The monoisotopic (exact) mass is 365 g/mol. The van der Waals surface area contributed by atoms with Crippen LogP contribution in [-0.2, 0) is 11.2 Å². The second-order valence-electron chi connectivity index (χ2n) is 6.65. The molecule has 0 aromatic heterocycles. The number of nitriles is 1. The van der Waals surface area contributed by atoms with Gasteiger partial charge in [0.15, 0.2) is 0 Å². The highest BCUT2D eigenvalue weighted by Crippen LogP contribution is 2.27. The van der Waals surface area contributed by atoms with Crippen LogP contribution in [0.5, 0.6) is 0 Å². The second-order valence-corrected chi connectivity index (χ2v) is 6.65. The summed E-state index contributed by atoms with van der Waals surface area (Å²) in [4.78, 5) is 12.5. The van der Waals surface area contributed by atoms with Crippen molar-refractivity contribution in [3.8, 4) is 6.07 Å². The van der Waals surface area contributed by atoms with Gasteiger partial charge in [-0.05, 0) is 48.1 Å². The average molecular weight is 365 g/mol. The molecule has 0 fully saturated rings. The first-order chi connectivity index (χ1) is 12.9. The zero-order valence-electron chi connectivity index (χ0n) is 15.8. The van der Waals surface area contributed by atoms with Crippen LogP contribution in [0.15, 0.2) is 54.2 Å². The van der Waals surface area contributed by atoms with E-state index in [-0.39, 0.29) is 17.3 Å². The second kappa shape index (κ2) is 9.54. The number of anilines is 1. The van der Waals surface area contributed by atoms with Gasteiger partial charge in [-0.2, -0.15) is 5.26 Å². The number of hydrogen-bond acceptors (Lipinski definition) is 3. The predicted molar refractivity (Wildman–Crippen MR) is 106 cm³/mol. The van der Waals surface area contributed by atoms with Crippen LogP contribution in [0.1, 0.15) is 36.5 Å². The number of amides is 1. The van der Waals surface area contributed by atoms with Crippen molar-refractivity contribution in [2.75, 3.05) is 11.9 Å². The first kappa shape index (κ1) is 20.2. The van der Waals surface area contributed by atoms with E-state index >= 15 is 0 Å². The Morgan fingerprint density at radius 1 is 1.22 bits per heavy atom. The summed E-state index contributed by atoms with van der Waals surface area (Å²) in [6.07, 6.45) is 2.08. The van der Waals surface area contributed by atoms with Gasteiger partial charge in [0.25, 0.3) is 5.91 Å². The quantitative estimate of drug-likeness (QED) is 0.433. The van der Waals surface area contributed by atoms with E-state index in [9.17, 15) is 14.4 Å². The number of rotatable bonds is 7. The molecule has 2 N–H and O–H groups in total. The van der Waals surface area contributed by atoms with Crippen LogP contribution in [0.3, 0.4) is 0 Å². The molecule has 0 saturated heterocycles. The van der Waals surface area contributed by atoms with Crippen molar-refractivity contribution in [3.05, 3.63) is 76.7 Å². The van der Waals surface area contributed by atoms with Gasteiger partial charge in [-0.15, -0.1) is 0 Å². The number of nitrogens with zero attached hydrogens (tertiary/aromatic N) is 1. The number of halogens is 1. The van der Waals surface area contributed by atoms with Crippen LogP contribution in [0.2, 0.25) is 0 Å². The van der Waals surface area contributed by atoms with Gasteiger partial charge in [-0.25, -0.2) is 4.39 Å². The van der Waals surface area contributed by atoms with Crippen LogP contribution >= 0.6 is 0 Å². The molecule has 2 rings (SSSR count). The lowest BCUT2D eigenvalue weighted by molar-refractivity contribution is -0.112. The Labute approximate surface area is 159 Å². The first-order valence-electron chi connectivity index (χ1n) is 8.91. The number of carbonyl (C=O) groups excluding carboxylic acids is 1. The summed E-state index contributed by atoms with van der Waals surface area (Å²) in [5.41, 5.74) is 3.72. The number of aryl methyl sites for hydroxylation is 1. The van der Waals surface area contributed by atoms with Crippen LogP contribution in [0, 0.1) is 24.1 Å². The smallest absolute Gasteiger partial charge is 0.267 e. The van der Waals surface area contributed by atoms with Crippen molar-refractivity contribution in [3.63, 3.8) is 0 Å². The van der Waals surface area contributed by atoms with Gasteiger partial charge < -0.3 is 10.6 Å². The fraction of sp³-hybridized carbons (Fsp3) is 0.273. The van der Waals surface area contributed by atoms with Crippen LogP contribution < -0.4 is 10.6 Å². The lowest BCUT2D eigenvalue weighted by atomic mass is 9.98. The van der Waals surface area contributed by atoms with Crippen molar-refractivity contribution in [2.45, 2.75) is 33.1 Å². The van der Waals surface area contributed by atoms with Gasteiger partial charge in [0.05, 0.1) is 0 Å². The average Bonchev–Trinajstić information content (AvgIpc) is 2.64. The maximum Gasteiger partial charge on any atom is 0.267 e. The largest absolute Gasteiger partial charge is 0.389 e. The molecule has 0 aliphatic rings. The summed E-state index contributed by atoms with van der Waals surface area (Å²) < 4.78 is 12.9. The van der Waals surface area contributed by atoms with Crippen molar-refractivity contribution >= 4 is 11.6 Å². The number of nitrogens with one attached hydrogen (secondary N) is 2. The third kappa shape index (κ3) is 5.68. The van der Waals surface area contributed by atoms with Gasteiger partial charge >= 0.3 is 0 Å². The summed E-state index contributed by atoms with van der Waals surface area (Å²) in [6, 6.07) is 14.0. The third-order valence-corrected chi connectivity index (χ3v) is 4.25. The third-order valence-electron chi connectivity index (χ3n) is 4.25. The molecule has 0 saturated carbocycles. The van der Waals surface area contributed by atoms with E-state index in [2.05, 4.69) is 24.5 Å². The highest BCUT2D eigenvalue weighted by molar-refractivity contribution is 6.07. The summed E-state index contributed by atoms with van der Waals surface area (Å²) >= 11 is 0. The summed E-state index contributed by atoms with van der Waals surface area (Å²) in [6.45, 7) is 6.58. The molecule has 1 amide bonds. The SMILES string of the molecule is Cc1cccc(C(C)C)c1NC(=O)/C(C#N)=C\NCCc1ccc(F)cc1.